The van der Waals surface area contributed by atoms with E-state index in [1.165, 1.54) is 5.56 Å². The van der Waals surface area contributed by atoms with Crippen LogP contribution in [0.5, 0.6) is 0 Å². The van der Waals surface area contributed by atoms with E-state index in [1.54, 1.807) is 0 Å². The third kappa shape index (κ3) is 3.13. The van der Waals surface area contributed by atoms with Crippen LogP contribution in [0.25, 0.3) is 49.7 Å². The lowest BCUT2D eigenvalue weighted by Crippen LogP contribution is -2.22. The summed E-state index contributed by atoms with van der Waals surface area (Å²) >= 11 is 0. The Bertz CT molecular complexity index is 2090. The van der Waals surface area contributed by atoms with Crippen LogP contribution in [0.1, 0.15) is 0 Å². The first-order valence-electron chi connectivity index (χ1n) is 13.2. The summed E-state index contributed by atoms with van der Waals surface area (Å²) in [5.41, 5.74) is 7.66. The fourth-order valence-electron chi connectivity index (χ4n) is 6.30. The largest absolute Gasteiger partial charge is 0.309 e. The summed E-state index contributed by atoms with van der Waals surface area (Å²) in [4.78, 5) is 0. The monoisotopic (exact) mass is 517 g/mol. The lowest BCUT2D eigenvalue weighted by atomic mass is 10.0. The van der Waals surface area contributed by atoms with Gasteiger partial charge in [0.1, 0.15) is 0 Å². The van der Waals surface area contributed by atoms with Gasteiger partial charge in [0.2, 0.25) is 0 Å². The molecule has 0 fully saturated rings. The van der Waals surface area contributed by atoms with Crippen LogP contribution in [0, 0.1) is 0 Å². The Morgan fingerprint density at radius 2 is 1.21 bits per heavy atom. The van der Waals surface area contributed by atoms with Crippen molar-refractivity contribution in [2.45, 2.75) is 0 Å². The Hall–Kier alpha value is -4.65. The number of fused-ring (bicyclic) bond motifs is 7. The second-order valence-electron chi connectivity index (χ2n) is 10.1. The van der Waals surface area contributed by atoms with Gasteiger partial charge >= 0.3 is 0 Å². The molecule has 1 aliphatic rings. The number of para-hydroxylation sites is 1. The molecule has 39 heavy (non-hydrogen) atoms. The summed E-state index contributed by atoms with van der Waals surface area (Å²) in [5, 5.41) is 5.02. The molecule has 1 unspecified atom stereocenters. The average Bonchev–Trinajstić information content (AvgIpc) is 3.49. The molecule has 8 rings (SSSR count). The van der Waals surface area contributed by atoms with Gasteiger partial charge < -0.3 is 9.13 Å². The minimum Gasteiger partial charge on any atom is -0.309 e. The zero-order chi connectivity index (χ0) is 26.0. The highest BCUT2D eigenvalue weighted by Gasteiger charge is 2.42. The van der Waals surface area contributed by atoms with Crippen molar-refractivity contribution in [3.8, 4) is 27.9 Å². The second kappa shape index (κ2) is 8.43. The van der Waals surface area contributed by atoms with E-state index < -0.39 is 7.14 Å². The number of benzene rings is 6. The summed E-state index contributed by atoms with van der Waals surface area (Å²) in [6, 6.07) is 50.3. The third-order valence-corrected chi connectivity index (χ3v) is 11.2. The molecule has 0 amide bonds. The molecule has 2 nitrogen and oxygen atoms in total. The van der Waals surface area contributed by atoms with Gasteiger partial charge in [-0.3, -0.25) is 0 Å². The molecule has 0 N–H and O–H groups in total. The number of hydrogen-bond donors (Lipinski definition) is 0. The van der Waals surface area contributed by atoms with Gasteiger partial charge in [-0.25, -0.2) is 0 Å². The van der Waals surface area contributed by atoms with Crippen LogP contribution in [-0.2, 0) is 4.57 Å². The highest BCUT2D eigenvalue weighted by molar-refractivity contribution is 7.86. The van der Waals surface area contributed by atoms with Crippen LogP contribution in [0.4, 0.5) is 0 Å². The number of aromatic nitrogens is 1. The maximum Gasteiger partial charge on any atom is 0.174 e. The van der Waals surface area contributed by atoms with Gasteiger partial charge in [0, 0.05) is 27.1 Å². The number of rotatable bonds is 3. The van der Waals surface area contributed by atoms with E-state index in [1.807, 2.05) is 48.5 Å². The highest BCUT2D eigenvalue weighted by atomic mass is 31.2. The molecule has 1 aliphatic heterocycles. The first kappa shape index (κ1) is 22.3. The van der Waals surface area contributed by atoms with Crippen molar-refractivity contribution in [3.05, 3.63) is 146 Å². The van der Waals surface area contributed by atoms with Gasteiger partial charge in [0.05, 0.1) is 16.3 Å². The van der Waals surface area contributed by atoms with E-state index in [0.29, 0.717) is 0 Å². The predicted molar refractivity (Wildman–Crippen MR) is 165 cm³/mol. The van der Waals surface area contributed by atoms with Crippen LogP contribution in [0.15, 0.2) is 146 Å². The summed E-state index contributed by atoms with van der Waals surface area (Å²) in [6.45, 7) is 0. The Kier molecular flexibility index (Phi) is 4.83. The van der Waals surface area contributed by atoms with E-state index in [4.69, 9.17) is 0 Å². The molecule has 2 heterocycles. The third-order valence-electron chi connectivity index (χ3n) is 7.99. The van der Waals surface area contributed by atoms with Crippen LogP contribution in [-0.4, -0.2) is 4.57 Å². The number of nitrogens with zero attached hydrogens (tertiary/aromatic N) is 1. The first-order chi connectivity index (χ1) is 19.2. The van der Waals surface area contributed by atoms with Gasteiger partial charge in [0.25, 0.3) is 0 Å². The molecule has 3 heteroatoms. The molecule has 0 aliphatic carbocycles. The Balaban J connectivity index is 1.53. The quantitative estimate of drug-likeness (QED) is 0.217. The van der Waals surface area contributed by atoms with Gasteiger partial charge in [-0.15, -0.1) is 0 Å². The first-order valence-corrected chi connectivity index (χ1v) is 14.9. The molecule has 0 spiro atoms. The van der Waals surface area contributed by atoms with Crippen LogP contribution in [0.2, 0.25) is 0 Å². The van der Waals surface area contributed by atoms with Gasteiger partial charge in [0.15, 0.2) is 7.14 Å². The minimum atomic E-state index is -3.14. The standard InChI is InChI=1S/C36H24NOP/c38-39(28-16-5-2-6-17-28)34-21-10-8-19-30(34)32-23-22-31-29-18-7-9-20-33(29)37(35(31)36(32)39)27-15-11-14-26(24-27)25-12-3-1-4-13-25/h1-24H. The maximum atomic E-state index is 15.6. The molecule has 0 saturated heterocycles. The predicted octanol–water partition coefficient (Wildman–Crippen LogP) is 8.07. The summed E-state index contributed by atoms with van der Waals surface area (Å²) in [7, 11) is -3.14. The van der Waals surface area contributed by atoms with Gasteiger partial charge in [-0.05, 0) is 40.5 Å². The van der Waals surface area contributed by atoms with Crippen LogP contribution < -0.4 is 15.9 Å². The molecule has 1 aromatic heterocycles. The zero-order valence-electron chi connectivity index (χ0n) is 21.2. The maximum absolute atomic E-state index is 15.6. The Morgan fingerprint density at radius 1 is 0.513 bits per heavy atom. The van der Waals surface area contributed by atoms with Crippen molar-refractivity contribution in [1.82, 2.24) is 4.57 Å². The zero-order valence-corrected chi connectivity index (χ0v) is 22.1. The molecular formula is C36H24NOP. The molecule has 0 bridgehead atoms. The fraction of sp³-hybridized carbons (Fsp3) is 0. The van der Waals surface area contributed by atoms with Crippen LogP contribution >= 0.6 is 7.14 Å². The van der Waals surface area contributed by atoms with Crippen molar-refractivity contribution in [2.75, 3.05) is 0 Å². The topological polar surface area (TPSA) is 22.0 Å². The average molecular weight is 518 g/mol. The normalized spacial score (nSPS) is 15.9. The fourth-order valence-corrected chi connectivity index (χ4v) is 9.55. The SMILES string of the molecule is O=P1(c2ccccc2)c2ccccc2-c2ccc3c4ccccc4n(-c4cccc(-c5ccccc5)c4)c3c21. The van der Waals surface area contributed by atoms with E-state index >= 15 is 4.57 Å². The molecule has 7 aromatic rings. The second-order valence-corrected chi connectivity index (χ2v) is 12.8. The molecule has 0 radical (unpaired) electrons. The van der Waals surface area contributed by atoms with Crippen molar-refractivity contribution >= 4 is 44.9 Å². The lowest BCUT2D eigenvalue weighted by molar-refractivity contribution is 0.593. The summed E-state index contributed by atoms with van der Waals surface area (Å²) in [6.07, 6.45) is 0. The van der Waals surface area contributed by atoms with Gasteiger partial charge in [-0.2, -0.15) is 0 Å². The van der Waals surface area contributed by atoms with Gasteiger partial charge in [-0.1, -0.05) is 127 Å². The highest BCUT2D eigenvalue weighted by Crippen LogP contribution is 2.54. The lowest BCUT2D eigenvalue weighted by Gasteiger charge is -2.19. The van der Waals surface area contributed by atoms with E-state index in [9.17, 15) is 0 Å². The smallest absolute Gasteiger partial charge is 0.174 e. The molecule has 0 saturated carbocycles. The van der Waals surface area contributed by atoms with Crippen molar-refractivity contribution < 1.29 is 4.57 Å². The van der Waals surface area contributed by atoms with E-state index in [0.717, 1.165) is 60.1 Å². The van der Waals surface area contributed by atoms with Crippen molar-refractivity contribution in [3.63, 3.8) is 0 Å². The number of hydrogen-bond acceptors (Lipinski definition) is 1. The van der Waals surface area contributed by atoms with Crippen molar-refractivity contribution in [2.24, 2.45) is 0 Å². The Labute approximate surface area is 227 Å². The summed E-state index contributed by atoms with van der Waals surface area (Å²) in [5.74, 6) is 0. The Morgan fingerprint density at radius 3 is 2.05 bits per heavy atom. The molecule has 1 atom stereocenters. The van der Waals surface area contributed by atoms with Crippen LogP contribution in [0.3, 0.4) is 0 Å². The molecular weight excluding hydrogens is 493 g/mol. The van der Waals surface area contributed by atoms with E-state index in [-0.39, 0.29) is 0 Å². The molecule has 6 aromatic carbocycles. The summed E-state index contributed by atoms with van der Waals surface area (Å²) < 4.78 is 17.9. The van der Waals surface area contributed by atoms with Crippen molar-refractivity contribution in [1.29, 1.82) is 0 Å². The van der Waals surface area contributed by atoms with E-state index in [2.05, 4.69) is 102 Å². The molecule has 184 valence electrons. The minimum absolute atomic E-state index is 0.874.